The Morgan fingerprint density at radius 2 is 2.33 bits per heavy atom. The summed E-state index contributed by atoms with van der Waals surface area (Å²) in [4.78, 5) is 0. The average molecular weight is 230 g/mol. The van der Waals surface area contributed by atoms with Gasteiger partial charge in [-0.05, 0) is 30.2 Å². The normalized spacial score (nSPS) is 18.9. The van der Waals surface area contributed by atoms with Crippen molar-refractivity contribution in [3.05, 3.63) is 29.3 Å². The number of hydrogen-bond acceptors (Lipinski definition) is 3. The zero-order valence-electron chi connectivity index (χ0n) is 8.69. The summed E-state index contributed by atoms with van der Waals surface area (Å²) in [6.07, 6.45) is -0.404. The highest BCUT2D eigenvalue weighted by atomic mass is 35.5. The van der Waals surface area contributed by atoms with Crippen LogP contribution < -0.4 is 10.1 Å². The molecule has 1 unspecified atom stereocenters. The lowest BCUT2D eigenvalue weighted by Crippen LogP contribution is -2.27. The molecule has 0 radical (unpaired) electrons. The minimum absolute atomic E-state index is 0. The van der Waals surface area contributed by atoms with Crippen LogP contribution in [0.4, 0.5) is 0 Å². The number of benzene rings is 1. The molecule has 1 aliphatic rings. The summed E-state index contributed by atoms with van der Waals surface area (Å²) in [5, 5.41) is 12.9. The average Bonchev–Trinajstić information content (AvgIpc) is 2.20. The molecular formula is C11H16ClNO2. The molecule has 0 bridgehead atoms. The van der Waals surface area contributed by atoms with E-state index in [0.29, 0.717) is 13.2 Å². The topological polar surface area (TPSA) is 41.5 Å². The van der Waals surface area contributed by atoms with Crippen LogP contribution in [0.15, 0.2) is 18.2 Å². The molecule has 3 nitrogen and oxygen atoms in total. The third kappa shape index (κ3) is 2.62. The molecule has 0 saturated heterocycles. The monoisotopic (exact) mass is 229 g/mol. The molecule has 0 spiro atoms. The molecule has 0 saturated carbocycles. The van der Waals surface area contributed by atoms with Crippen molar-refractivity contribution in [2.75, 3.05) is 13.2 Å². The fourth-order valence-corrected chi connectivity index (χ4v) is 1.75. The summed E-state index contributed by atoms with van der Waals surface area (Å²) < 4.78 is 5.39. The number of hydrogen-bond donors (Lipinski definition) is 2. The van der Waals surface area contributed by atoms with Gasteiger partial charge in [-0.3, -0.25) is 0 Å². The summed E-state index contributed by atoms with van der Waals surface area (Å²) in [5.41, 5.74) is 2.15. The quantitative estimate of drug-likeness (QED) is 0.810. The first kappa shape index (κ1) is 12.3. The van der Waals surface area contributed by atoms with E-state index in [0.717, 1.165) is 23.4 Å². The molecule has 1 aromatic rings. The van der Waals surface area contributed by atoms with E-state index in [9.17, 15) is 5.11 Å². The summed E-state index contributed by atoms with van der Waals surface area (Å²) >= 11 is 0. The highest BCUT2D eigenvalue weighted by Crippen LogP contribution is 2.26. The first-order valence-corrected chi connectivity index (χ1v) is 4.95. The molecule has 4 heteroatoms. The summed E-state index contributed by atoms with van der Waals surface area (Å²) in [6, 6.07) is 5.89. The van der Waals surface area contributed by atoms with E-state index in [4.69, 9.17) is 4.74 Å². The lowest BCUT2D eigenvalue weighted by molar-refractivity contribution is 0.164. The van der Waals surface area contributed by atoms with E-state index < -0.39 is 6.10 Å². The zero-order valence-corrected chi connectivity index (χ0v) is 9.51. The van der Waals surface area contributed by atoms with Gasteiger partial charge in [0.1, 0.15) is 5.75 Å². The van der Waals surface area contributed by atoms with E-state index >= 15 is 0 Å². The maximum Gasteiger partial charge on any atom is 0.119 e. The molecule has 15 heavy (non-hydrogen) atoms. The molecule has 1 atom stereocenters. The smallest absolute Gasteiger partial charge is 0.119 e. The Morgan fingerprint density at radius 3 is 3.07 bits per heavy atom. The third-order valence-corrected chi connectivity index (χ3v) is 2.44. The second-order valence-corrected chi connectivity index (χ2v) is 3.44. The number of aliphatic hydroxyl groups excluding tert-OH is 1. The van der Waals surface area contributed by atoms with Crippen LogP contribution in [0.1, 0.15) is 24.2 Å². The Hall–Kier alpha value is -0.770. The lowest BCUT2D eigenvalue weighted by Gasteiger charge is -2.22. The molecule has 1 aliphatic heterocycles. The molecule has 2 rings (SSSR count). The number of fused-ring (bicyclic) bond motifs is 1. The Bertz CT molecular complexity index is 330. The number of aliphatic hydroxyl groups is 1. The van der Waals surface area contributed by atoms with E-state index in [-0.39, 0.29) is 12.4 Å². The van der Waals surface area contributed by atoms with Crippen LogP contribution in [0.2, 0.25) is 0 Å². The van der Waals surface area contributed by atoms with Crippen molar-refractivity contribution in [1.29, 1.82) is 0 Å². The molecule has 0 aliphatic carbocycles. The molecule has 84 valence electrons. The summed E-state index contributed by atoms with van der Waals surface area (Å²) in [6.45, 7) is 4.08. The predicted molar refractivity (Wildman–Crippen MR) is 61.5 cm³/mol. The van der Waals surface area contributed by atoms with Crippen molar-refractivity contribution in [1.82, 2.24) is 5.32 Å². The van der Waals surface area contributed by atoms with Gasteiger partial charge < -0.3 is 15.2 Å². The zero-order chi connectivity index (χ0) is 9.97. The van der Waals surface area contributed by atoms with Gasteiger partial charge >= 0.3 is 0 Å². The highest BCUT2D eigenvalue weighted by molar-refractivity contribution is 5.85. The predicted octanol–water partition coefficient (Wildman–Crippen LogP) is 1.64. The molecule has 0 fully saturated rings. The van der Waals surface area contributed by atoms with Crippen molar-refractivity contribution < 1.29 is 9.84 Å². The fourth-order valence-electron chi connectivity index (χ4n) is 1.75. The van der Waals surface area contributed by atoms with Gasteiger partial charge in [0.25, 0.3) is 0 Å². The maximum atomic E-state index is 9.74. The SMILES string of the molecule is CCOc1ccc2c(c1)C(O)CNC2.Cl. The van der Waals surface area contributed by atoms with Crippen LogP contribution in [0.25, 0.3) is 0 Å². The number of ether oxygens (including phenoxy) is 1. The van der Waals surface area contributed by atoms with E-state index in [1.165, 1.54) is 0 Å². The molecule has 2 N–H and O–H groups in total. The second-order valence-electron chi connectivity index (χ2n) is 3.44. The third-order valence-electron chi connectivity index (χ3n) is 2.44. The van der Waals surface area contributed by atoms with Crippen molar-refractivity contribution in [2.45, 2.75) is 19.6 Å². The minimum Gasteiger partial charge on any atom is -0.494 e. The largest absolute Gasteiger partial charge is 0.494 e. The van der Waals surface area contributed by atoms with Crippen LogP contribution in [-0.4, -0.2) is 18.3 Å². The molecule has 1 heterocycles. The van der Waals surface area contributed by atoms with Crippen LogP contribution in [-0.2, 0) is 6.54 Å². The van der Waals surface area contributed by atoms with Crippen molar-refractivity contribution in [2.24, 2.45) is 0 Å². The van der Waals surface area contributed by atoms with Crippen LogP contribution in [0, 0.1) is 0 Å². The number of halogens is 1. The van der Waals surface area contributed by atoms with Gasteiger partial charge in [0.05, 0.1) is 12.7 Å². The minimum atomic E-state index is -0.404. The van der Waals surface area contributed by atoms with Gasteiger partial charge in [0, 0.05) is 13.1 Å². The van der Waals surface area contributed by atoms with Crippen LogP contribution in [0.5, 0.6) is 5.75 Å². The molecule has 0 aromatic heterocycles. The van der Waals surface area contributed by atoms with Crippen LogP contribution >= 0.6 is 12.4 Å². The standard InChI is InChI=1S/C11H15NO2.ClH/c1-2-14-9-4-3-8-6-12-7-11(13)10(8)5-9;/h3-5,11-13H,2,6-7H2,1H3;1H. The van der Waals surface area contributed by atoms with Gasteiger partial charge in [-0.15, -0.1) is 12.4 Å². The van der Waals surface area contributed by atoms with E-state index in [1.54, 1.807) is 0 Å². The first-order chi connectivity index (χ1) is 6.81. The second kappa shape index (κ2) is 5.35. The Labute approximate surface area is 95.9 Å². The van der Waals surface area contributed by atoms with Gasteiger partial charge in [0.15, 0.2) is 0 Å². The Morgan fingerprint density at radius 1 is 1.53 bits per heavy atom. The molecule has 1 aromatic carbocycles. The van der Waals surface area contributed by atoms with Crippen molar-refractivity contribution in [3.63, 3.8) is 0 Å². The van der Waals surface area contributed by atoms with Crippen molar-refractivity contribution >= 4 is 12.4 Å². The summed E-state index contributed by atoms with van der Waals surface area (Å²) in [7, 11) is 0. The first-order valence-electron chi connectivity index (χ1n) is 4.95. The lowest BCUT2D eigenvalue weighted by atomic mass is 9.98. The van der Waals surface area contributed by atoms with Gasteiger partial charge in [-0.25, -0.2) is 0 Å². The van der Waals surface area contributed by atoms with Crippen LogP contribution in [0.3, 0.4) is 0 Å². The molecule has 0 amide bonds. The van der Waals surface area contributed by atoms with E-state index in [1.807, 2.05) is 25.1 Å². The number of β-amino-alcohol motifs (C(OH)–C–C–N with tert-alkyl or cyclic N) is 1. The summed E-state index contributed by atoms with van der Waals surface area (Å²) in [5.74, 6) is 0.840. The van der Waals surface area contributed by atoms with Gasteiger partial charge in [-0.2, -0.15) is 0 Å². The highest BCUT2D eigenvalue weighted by Gasteiger charge is 2.17. The molecular weight excluding hydrogens is 214 g/mol. The maximum absolute atomic E-state index is 9.74. The Balaban J connectivity index is 0.00000112. The number of nitrogens with one attached hydrogen (secondary N) is 1. The Kier molecular flexibility index (Phi) is 4.39. The van der Waals surface area contributed by atoms with E-state index in [2.05, 4.69) is 5.32 Å². The fraction of sp³-hybridized carbons (Fsp3) is 0.455. The van der Waals surface area contributed by atoms with Gasteiger partial charge in [0.2, 0.25) is 0 Å². The van der Waals surface area contributed by atoms with Crippen molar-refractivity contribution in [3.8, 4) is 5.75 Å². The van der Waals surface area contributed by atoms with Gasteiger partial charge in [-0.1, -0.05) is 6.07 Å². The number of rotatable bonds is 2.